The second kappa shape index (κ2) is 10.6. The molecule has 226 valence electrons. The number of nitrogens with zero attached hydrogens (tertiary/aromatic N) is 4. The minimum Gasteiger partial charge on any atom is -0.444 e. The Morgan fingerprint density at radius 3 is 2.29 bits per heavy atom. The van der Waals surface area contributed by atoms with Gasteiger partial charge in [0.05, 0.1) is 0 Å². The van der Waals surface area contributed by atoms with Crippen molar-refractivity contribution >= 4 is 35.4 Å². The van der Waals surface area contributed by atoms with E-state index in [-0.39, 0.29) is 41.6 Å². The van der Waals surface area contributed by atoms with E-state index < -0.39 is 17.6 Å². The summed E-state index contributed by atoms with van der Waals surface area (Å²) < 4.78 is 5.52. The molecule has 11 nitrogen and oxygen atoms in total. The van der Waals surface area contributed by atoms with Crippen molar-refractivity contribution in [1.82, 2.24) is 20.0 Å². The van der Waals surface area contributed by atoms with Gasteiger partial charge in [0, 0.05) is 69.4 Å². The highest BCUT2D eigenvalue weighted by molar-refractivity contribution is 6.05. The molecule has 0 unspecified atom stereocenters. The number of likely N-dealkylation sites (tertiary alicyclic amines) is 1. The van der Waals surface area contributed by atoms with Crippen LogP contribution in [0.1, 0.15) is 75.2 Å². The lowest BCUT2D eigenvalue weighted by atomic mass is 9.57. The van der Waals surface area contributed by atoms with Gasteiger partial charge >= 0.3 is 6.09 Å². The predicted octanol–water partition coefficient (Wildman–Crippen LogP) is 2.52. The Kier molecular flexibility index (Phi) is 7.17. The minimum atomic E-state index is -0.622. The summed E-state index contributed by atoms with van der Waals surface area (Å²) in [4.78, 5) is 70.2. The normalized spacial score (nSPS) is 24.5. The van der Waals surface area contributed by atoms with E-state index in [2.05, 4.69) is 10.2 Å². The van der Waals surface area contributed by atoms with Gasteiger partial charge in [-0.25, -0.2) is 4.79 Å². The van der Waals surface area contributed by atoms with Crippen LogP contribution in [0.5, 0.6) is 0 Å². The molecule has 1 aliphatic carbocycles. The van der Waals surface area contributed by atoms with Gasteiger partial charge in [-0.3, -0.25) is 24.5 Å². The first-order valence-electron chi connectivity index (χ1n) is 15.2. The Hall–Kier alpha value is -3.63. The molecule has 1 aromatic rings. The van der Waals surface area contributed by atoms with Crippen molar-refractivity contribution in [2.45, 2.75) is 77.5 Å². The first-order chi connectivity index (χ1) is 19.9. The van der Waals surface area contributed by atoms with Crippen LogP contribution < -0.4 is 10.2 Å². The van der Waals surface area contributed by atoms with Crippen molar-refractivity contribution in [3.8, 4) is 0 Å². The zero-order valence-electron chi connectivity index (χ0n) is 24.8. The largest absolute Gasteiger partial charge is 0.444 e. The van der Waals surface area contributed by atoms with Crippen LogP contribution in [-0.2, 0) is 25.7 Å². The van der Waals surface area contributed by atoms with E-state index >= 15 is 0 Å². The monoisotopic (exact) mass is 579 g/mol. The third-order valence-electron chi connectivity index (χ3n) is 9.65. The van der Waals surface area contributed by atoms with Crippen molar-refractivity contribution in [2.75, 3.05) is 44.2 Å². The molecule has 1 saturated carbocycles. The van der Waals surface area contributed by atoms with Gasteiger partial charge in [0.1, 0.15) is 11.6 Å². The highest BCUT2D eigenvalue weighted by Gasteiger charge is 2.50. The van der Waals surface area contributed by atoms with Crippen LogP contribution in [0.4, 0.5) is 10.5 Å². The van der Waals surface area contributed by atoms with Gasteiger partial charge in [-0.2, -0.15) is 0 Å². The summed E-state index contributed by atoms with van der Waals surface area (Å²) in [5.41, 5.74) is 2.18. The molecule has 42 heavy (non-hydrogen) atoms. The number of hydrogen-bond donors (Lipinski definition) is 1. The molecule has 0 aromatic heterocycles. The molecule has 5 aliphatic rings. The molecule has 1 spiro atoms. The Balaban J connectivity index is 0.981. The van der Waals surface area contributed by atoms with Crippen molar-refractivity contribution in [2.24, 2.45) is 11.3 Å². The van der Waals surface area contributed by atoms with Gasteiger partial charge in [-0.1, -0.05) is 0 Å². The van der Waals surface area contributed by atoms with Crippen LogP contribution in [-0.4, -0.2) is 95.3 Å². The maximum Gasteiger partial charge on any atom is 0.410 e. The van der Waals surface area contributed by atoms with Gasteiger partial charge in [-0.15, -0.1) is 0 Å². The first kappa shape index (κ1) is 28.5. The number of anilines is 1. The van der Waals surface area contributed by atoms with E-state index in [9.17, 15) is 24.0 Å². The first-order valence-corrected chi connectivity index (χ1v) is 15.2. The topological polar surface area (TPSA) is 120 Å². The molecule has 3 saturated heterocycles. The number of benzene rings is 1. The van der Waals surface area contributed by atoms with Crippen LogP contribution >= 0.6 is 0 Å². The average Bonchev–Trinajstić information content (AvgIpc) is 3.25. The molecular formula is C31H41N5O6. The number of imide groups is 1. The highest BCUT2D eigenvalue weighted by atomic mass is 16.6. The predicted molar refractivity (Wildman–Crippen MR) is 153 cm³/mol. The molecule has 5 amide bonds. The quantitative estimate of drug-likeness (QED) is 0.547. The van der Waals surface area contributed by atoms with E-state index in [1.165, 1.54) is 0 Å². The summed E-state index contributed by atoms with van der Waals surface area (Å²) >= 11 is 0. The zero-order valence-corrected chi connectivity index (χ0v) is 24.8. The number of carbonyl (C=O) groups is 5. The molecule has 6 rings (SSSR count). The van der Waals surface area contributed by atoms with Crippen LogP contribution in [0.2, 0.25) is 0 Å². The van der Waals surface area contributed by atoms with Crippen LogP contribution in [0, 0.1) is 11.3 Å². The third-order valence-corrected chi connectivity index (χ3v) is 9.65. The number of fused-ring (bicyclic) bond motifs is 1. The van der Waals surface area contributed by atoms with Crippen molar-refractivity contribution in [3.63, 3.8) is 0 Å². The highest BCUT2D eigenvalue weighted by Crippen LogP contribution is 2.53. The summed E-state index contributed by atoms with van der Waals surface area (Å²) in [6.07, 6.45) is 3.98. The summed E-state index contributed by atoms with van der Waals surface area (Å²) in [5.74, 6) is -0.562. The fourth-order valence-corrected chi connectivity index (χ4v) is 7.26. The molecule has 1 atom stereocenters. The Morgan fingerprint density at radius 2 is 1.64 bits per heavy atom. The molecule has 0 bridgehead atoms. The lowest BCUT2D eigenvalue weighted by Crippen LogP contribution is -2.56. The number of rotatable bonds is 3. The van der Waals surface area contributed by atoms with Crippen molar-refractivity contribution in [1.29, 1.82) is 0 Å². The van der Waals surface area contributed by atoms with Gasteiger partial charge in [0.15, 0.2) is 0 Å². The summed E-state index contributed by atoms with van der Waals surface area (Å²) in [6, 6.07) is 5.18. The number of hydrogen-bond acceptors (Lipinski definition) is 7. The van der Waals surface area contributed by atoms with E-state index in [1.54, 1.807) is 9.80 Å². The van der Waals surface area contributed by atoms with Crippen LogP contribution in [0.3, 0.4) is 0 Å². The smallest absolute Gasteiger partial charge is 0.410 e. The van der Waals surface area contributed by atoms with E-state index in [0.29, 0.717) is 44.7 Å². The van der Waals surface area contributed by atoms with Gasteiger partial charge in [-0.05, 0) is 82.1 Å². The second-order valence-electron chi connectivity index (χ2n) is 13.6. The SMILES string of the molecule is CC(C)(C)OC(=O)N1CCC2(CC1)CC(C(=O)N1CCN(c3ccc4c(c3)CN([C@H]3CCC(=O)NC3=O)C4=O)CC1)C2. The van der Waals surface area contributed by atoms with Gasteiger partial charge in [0.2, 0.25) is 17.7 Å². The number of nitrogens with one attached hydrogen (secondary N) is 1. The van der Waals surface area contributed by atoms with Gasteiger partial charge in [0.25, 0.3) is 5.91 Å². The number of ether oxygens (including phenoxy) is 1. The number of piperidine rings is 2. The Labute approximate surface area is 246 Å². The summed E-state index contributed by atoms with van der Waals surface area (Å²) in [5, 5.41) is 2.34. The Morgan fingerprint density at radius 1 is 0.952 bits per heavy atom. The third kappa shape index (κ3) is 5.45. The summed E-state index contributed by atoms with van der Waals surface area (Å²) in [6.45, 7) is 10.1. The second-order valence-corrected chi connectivity index (χ2v) is 13.6. The molecule has 0 radical (unpaired) electrons. The zero-order chi connectivity index (χ0) is 29.8. The van der Waals surface area contributed by atoms with Gasteiger partial charge < -0.3 is 24.3 Å². The standard InChI is InChI=1S/C31H41N5O6/c1-30(2,3)42-29(41)35-10-8-31(9-11-35)17-21(18-31)27(39)34-14-12-33(13-15-34)22-4-5-23-20(16-22)19-36(28(23)40)24-6-7-25(37)32-26(24)38/h4-5,16,21,24H,6-15,17-19H2,1-3H3,(H,32,37,38)/t24-/m0/s1. The van der Waals surface area contributed by atoms with Crippen LogP contribution in [0.15, 0.2) is 18.2 Å². The average molecular weight is 580 g/mol. The lowest BCUT2D eigenvalue weighted by molar-refractivity contribution is -0.146. The summed E-state index contributed by atoms with van der Waals surface area (Å²) in [7, 11) is 0. The molecule has 4 heterocycles. The molecular weight excluding hydrogens is 538 g/mol. The minimum absolute atomic E-state index is 0.0638. The number of carbonyl (C=O) groups excluding carboxylic acids is 5. The lowest BCUT2D eigenvalue weighted by Gasteiger charge is -2.52. The maximum atomic E-state index is 13.3. The number of piperazine rings is 1. The maximum absolute atomic E-state index is 13.3. The molecule has 1 aromatic carbocycles. The van der Waals surface area contributed by atoms with E-state index in [1.807, 2.05) is 43.9 Å². The number of amides is 5. The molecule has 4 fully saturated rings. The van der Waals surface area contributed by atoms with E-state index in [0.717, 1.165) is 50.0 Å². The van der Waals surface area contributed by atoms with Crippen LogP contribution in [0.25, 0.3) is 0 Å². The van der Waals surface area contributed by atoms with Crippen molar-refractivity contribution < 1.29 is 28.7 Å². The fourth-order valence-electron chi connectivity index (χ4n) is 7.26. The molecule has 4 aliphatic heterocycles. The van der Waals surface area contributed by atoms with E-state index in [4.69, 9.17) is 4.74 Å². The molecule has 1 N–H and O–H groups in total. The Bertz CT molecular complexity index is 1300. The molecule has 11 heteroatoms. The van der Waals surface area contributed by atoms with Crippen molar-refractivity contribution in [3.05, 3.63) is 29.3 Å². The fraction of sp³-hybridized carbons (Fsp3) is 0.645.